The summed E-state index contributed by atoms with van der Waals surface area (Å²) in [5.41, 5.74) is 2.33. The number of halogens is 1. The summed E-state index contributed by atoms with van der Waals surface area (Å²) in [5.74, 6) is 1.25. The Labute approximate surface area is 164 Å². The fourth-order valence-electron chi connectivity index (χ4n) is 3.31. The average molecular weight is 390 g/mol. The quantitative estimate of drug-likeness (QED) is 0.760. The van der Waals surface area contributed by atoms with Crippen molar-refractivity contribution in [3.8, 4) is 0 Å². The van der Waals surface area contributed by atoms with Crippen molar-refractivity contribution in [3.05, 3.63) is 70.7 Å². The normalized spacial score (nSPS) is 16.2. The van der Waals surface area contributed by atoms with Gasteiger partial charge in [-0.2, -0.15) is 0 Å². The van der Waals surface area contributed by atoms with Gasteiger partial charge in [-0.25, -0.2) is 0 Å². The molecule has 0 unspecified atom stereocenters. The summed E-state index contributed by atoms with van der Waals surface area (Å²) in [4.78, 5) is 12.3. The molecule has 1 amide bonds. The molecular weight excluding hydrogens is 366 g/mol. The Bertz CT molecular complexity index is 717. The first-order valence-corrected chi connectivity index (χ1v) is 10.4. The van der Waals surface area contributed by atoms with Crippen molar-refractivity contribution in [3.63, 3.8) is 0 Å². The zero-order chi connectivity index (χ0) is 18.2. The van der Waals surface area contributed by atoms with Crippen LogP contribution in [0.25, 0.3) is 0 Å². The minimum atomic E-state index is -0.0252. The third-order valence-corrected chi connectivity index (χ3v) is 6.26. The second kappa shape index (κ2) is 9.45. The van der Waals surface area contributed by atoms with E-state index in [1.165, 1.54) is 5.56 Å². The van der Waals surface area contributed by atoms with Crippen molar-refractivity contribution in [1.82, 2.24) is 5.32 Å². The van der Waals surface area contributed by atoms with E-state index in [0.29, 0.717) is 12.3 Å². The number of carbonyl (C=O) groups is 1. The number of nitrogens with one attached hydrogen (secondary N) is 1. The lowest BCUT2D eigenvalue weighted by molar-refractivity contribution is -0.119. The highest BCUT2D eigenvalue weighted by molar-refractivity contribution is 7.99. The molecule has 0 aliphatic carbocycles. The van der Waals surface area contributed by atoms with Crippen molar-refractivity contribution >= 4 is 29.3 Å². The average Bonchev–Trinajstić information content (AvgIpc) is 2.69. The van der Waals surface area contributed by atoms with E-state index in [-0.39, 0.29) is 11.3 Å². The number of rotatable bonds is 7. The molecule has 1 aliphatic heterocycles. The number of hydrogen-bond donors (Lipinski definition) is 1. The molecule has 0 spiro atoms. The second-order valence-electron chi connectivity index (χ2n) is 6.62. The zero-order valence-electron chi connectivity index (χ0n) is 14.7. The zero-order valence-corrected chi connectivity index (χ0v) is 16.3. The van der Waals surface area contributed by atoms with Crippen LogP contribution in [0.4, 0.5) is 0 Å². The summed E-state index contributed by atoms with van der Waals surface area (Å²) in [6, 6.07) is 18.2. The van der Waals surface area contributed by atoms with Crippen molar-refractivity contribution in [2.75, 3.05) is 25.5 Å². The predicted molar refractivity (Wildman–Crippen MR) is 109 cm³/mol. The molecule has 5 heteroatoms. The van der Waals surface area contributed by atoms with Gasteiger partial charge in [0.05, 0.1) is 5.75 Å². The molecule has 3 nitrogen and oxygen atoms in total. The van der Waals surface area contributed by atoms with Gasteiger partial charge in [0.25, 0.3) is 0 Å². The fraction of sp³-hybridized carbons (Fsp3) is 0.381. The second-order valence-corrected chi connectivity index (χ2v) is 8.01. The van der Waals surface area contributed by atoms with Crippen LogP contribution in [0.5, 0.6) is 0 Å². The lowest BCUT2D eigenvalue weighted by Crippen LogP contribution is -2.45. The van der Waals surface area contributed by atoms with Crippen LogP contribution < -0.4 is 5.32 Å². The van der Waals surface area contributed by atoms with Gasteiger partial charge in [-0.1, -0.05) is 60.1 Å². The van der Waals surface area contributed by atoms with Crippen LogP contribution in [0.3, 0.4) is 0 Å². The molecule has 0 atom stereocenters. The van der Waals surface area contributed by atoms with Crippen LogP contribution in [0.2, 0.25) is 5.02 Å². The monoisotopic (exact) mass is 389 g/mol. The maximum atomic E-state index is 12.3. The Hall–Kier alpha value is -1.49. The van der Waals surface area contributed by atoms with Gasteiger partial charge >= 0.3 is 0 Å². The van der Waals surface area contributed by atoms with E-state index in [9.17, 15) is 4.79 Å². The van der Waals surface area contributed by atoms with Gasteiger partial charge in [-0.3, -0.25) is 4.79 Å². The standard InChI is InChI=1S/C21H24ClNO2S/c22-19-9-5-4-6-17(19)14-26-15-20(24)23-16-21(10-12-25-13-11-21)18-7-2-1-3-8-18/h1-9H,10-16H2,(H,23,24). The van der Waals surface area contributed by atoms with E-state index < -0.39 is 0 Å². The lowest BCUT2D eigenvalue weighted by atomic mass is 9.74. The molecule has 0 bridgehead atoms. The van der Waals surface area contributed by atoms with Gasteiger partial charge in [0, 0.05) is 35.9 Å². The van der Waals surface area contributed by atoms with Gasteiger partial charge in [0.15, 0.2) is 0 Å². The van der Waals surface area contributed by atoms with Crippen LogP contribution in [0, 0.1) is 0 Å². The van der Waals surface area contributed by atoms with Crippen molar-refractivity contribution in [1.29, 1.82) is 0 Å². The van der Waals surface area contributed by atoms with Gasteiger partial charge in [-0.15, -0.1) is 11.8 Å². The molecule has 138 valence electrons. The van der Waals surface area contributed by atoms with Crippen LogP contribution >= 0.6 is 23.4 Å². The molecule has 0 radical (unpaired) electrons. The highest BCUT2D eigenvalue weighted by Crippen LogP contribution is 2.34. The molecule has 3 rings (SSSR count). The van der Waals surface area contributed by atoms with E-state index in [0.717, 1.165) is 42.4 Å². The molecular formula is C21H24ClNO2S. The van der Waals surface area contributed by atoms with Crippen LogP contribution in [0.15, 0.2) is 54.6 Å². The third-order valence-electron chi connectivity index (χ3n) is 4.91. The summed E-state index contributed by atoms with van der Waals surface area (Å²) >= 11 is 7.75. The summed E-state index contributed by atoms with van der Waals surface area (Å²) in [6.07, 6.45) is 1.87. The Morgan fingerprint density at radius 1 is 1.08 bits per heavy atom. The van der Waals surface area contributed by atoms with E-state index in [1.807, 2.05) is 30.3 Å². The highest BCUT2D eigenvalue weighted by atomic mass is 35.5. The predicted octanol–water partition coefficient (Wildman–Crippen LogP) is 4.44. The Morgan fingerprint density at radius 3 is 2.50 bits per heavy atom. The molecule has 26 heavy (non-hydrogen) atoms. The first-order chi connectivity index (χ1) is 12.7. The summed E-state index contributed by atoms with van der Waals surface area (Å²) in [7, 11) is 0. The molecule has 2 aromatic rings. The SMILES string of the molecule is O=C(CSCc1ccccc1Cl)NCC1(c2ccccc2)CCOCC1. The van der Waals surface area contributed by atoms with E-state index in [4.69, 9.17) is 16.3 Å². The molecule has 1 fully saturated rings. The fourth-order valence-corrected chi connectivity index (χ4v) is 4.45. The molecule has 1 heterocycles. The minimum Gasteiger partial charge on any atom is -0.381 e. The molecule has 0 saturated carbocycles. The maximum absolute atomic E-state index is 12.3. The van der Waals surface area contributed by atoms with E-state index >= 15 is 0 Å². The minimum absolute atomic E-state index is 0.0252. The van der Waals surface area contributed by atoms with Crippen LogP contribution in [-0.2, 0) is 20.7 Å². The first-order valence-electron chi connectivity index (χ1n) is 8.91. The third kappa shape index (κ3) is 5.03. The molecule has 1 aliphatic rings. The molecule has 1 N–H and O–H groups in total. The Balaban J connectivity index is 1.52. The summed E-state index contributed by atoms with van der Waals surface area (Å²) in [6.45, 7) is 2.14. The van der Waals surface area contributed by atoms with Gasteiger partial charge in [-0.05, 0) is 30.0 Å². The smallest absolute Gasteiger partial charge is 0.230 e. The molecule has 2 aromatic carbocycles. The number of benzene rings is 2. The lowest BCUT2D eigenvalue weighted by Gasteiger charge is -2.38. The number of hydrogen-bond acceptors (Lipinski definition) is 3. The van der Waals surface area contributed by atoms with Crippen molar-refractivity contribution < 1.29 is 9.53 Å². The Morgan fingerprint density at radius 2 is 1.77 bits per heavy atom. The highest BCUT2D eigenvalue weighted by Gasteiger charge is 2.34. The maximum Gasteiger partial charge on any atom is 0.230 e. The van der Waals surface area contributed by atoms with Crippen LogP contribution in [-0.4, -0.2) is 31.4 Å². The van der Waals surface area contributed by atoms with Crippen molar-refractivity contribution in [2.24, 2.45) is 0 Å². The number of amides is 1. The molecule has 0 aromatic heterocycles. The summed E-state index contributed by atoms with van der Waals surface area (Å²) < 4.78 is 5.55. The summed E-state index contributed by atoms with van der Waals surface area (Å²) in [5, 5.41) is 3.90. The van der Waals surface area contributed by atoms with E-state index in [2.05, 4.69) is 29.6 Å². The topological polar surface area (TPSA) is 38.3 Å². The molecule has 1 saturated heterocycles. The first kappa shape index (κ1) is 19.3. The number of ether oxygens (including phenoxy) is 1. The van der Waals surface area contributed by atoms with Gasteiger partial charge in [0.2, 0.25) is 5.91 Å². The van der Waals surface area contributed by atoms with E-state index in [1.54, 1.807) is 11.8 Å². The van der Waals surface area contributed by atoms with Gasteiger partial charge in [0.1, 0.15) is 0 Å². The Kier molecular flexibility index (Phi) is 7.00. The van der Waals surface area contributed by atoms with Gasteiger partial charge < -0.3 is 10.1 Å². The number of thioether (sulfide) groups is 1. The van der Waals surface area contributed by atoms with Crippen LogP contribution in [0.1, 0.15) is 24.0 Å². The number of carbonyl (C=O) groups excluding carboxylic acids is 1. The van der Waals surface area contributed by atoms with Crippen molar-refractivity contribution in [2.45, 2.75) is 24.0 Å². The largest absolute Gasteiger partial charge is 0.381 e.